The maximum atomic E-state index is 11.3. The summed E-state index contributed by atoms with van der Waals surface area (Å²) in [5.74, 6) is 0.109. The zero-order chi connectivity index (χ0) is 9.42. The fraction of sp³-hybridized carbons (Fsp3) is 0.300. The minimum Gasteiger partial charge on any atom is -0.399 e. The molecule has 1 atom stereocenters. The van der Waals surface area contributed by atoms with Crippen molar-refractivity contribution in [2.24, 2.45) is 5.73 Å². The monoisotopic (exact) mass is 176 g/mol. The van der Waals surface area contributed by atoms with Gasteiger partial charge in [-0.2, -0.15) is 0 Å². The number of benzene rings is 1. The molecule has 0 heterocycles. The van der Waals surface area contributed by atoms with Gasteiger partial charge in [0.25, 0.3) is 0 Å². The Labute approximate surface area is 76.7 Å². The number of rotatable bonds is 0. The number of anilines is 1. The van der Waals surface area contributed by atoms with Crippen molar-refractivity contribution < 1.29 is 4.79 Å². The number of carbonyl (C=O) groups excluding carboxylic acids is 1. The van der Waals surface area contributed by atoms with Crippen LogP contribution in [0.4, 0.5) is 5.69 Å². The van der Waals surface area contributed by atoms with Crippen LogP contribution in [0.25, 0.3) is 0 Å². The summed E-state index contributed by atoms with van der Waals surface area (Å²) in [6.45, 7) is 0. The molecule has 0 fully saturated rings. The number of Topliss-reactive ketones (excluding diaryl/α,β-unsaturated/α-hetero) is 1. The van der Waals surface area contributed by atoms with Gasteiger partial charge in [0.15, 0.2) is 5.78 Å². The Hall–Kier alpha value is -1.35. The normalized spacial score (nSPS) is 21.3. The van der Waals surface area contributed by atoms with Crippen LogP contribution < -0.4 is 11.5 Å². The first-order chi connectivity index (χ1) is 6.18. The molecule has 0 saturated heterocycles. The minimum atomic E-state index is -0.466. The summed E-state index contributed by atoms with van der Waals surface area (Å²) < 4.78 is 0. The Morgan fingerprint density at radius 1 is 1.31 bits per heavy atom. The van der Waals surface area contributed by atoms with Crippen LogP contribution in [-0.2, 0) is 11.2 Å². The molecule has 0 spiro atoms. The first kappa shape index (κ1) is 8.26. The van der Waals surface area contributed by atoms with Gasteiger partial charge >= 0.3 is 0 Å². The number of aryl methyl sites for hydroxylation is 1. The van der Waals surface area contributed by atoms with E-state index in [1.54, 1.807) is 6.07 Å². The van der Waals surface area contributed by atoms with E-state index in [1.165, 1.54) is 0 Å². The van der Waals surface area contributed by atoms with Crippen molar-refractivity contribution in [2.75, 3.05) is 5.73 Å². The molecular weight excluding hydrogens is 164 g/mol. The van der Waals surface area contributed by atoms with Crippen molar-refractivity contribution in [2.45, 2.75) is 18.9 Å². The van der Waals surface area contributed by atoms with Crippen molar-refractivity contribution >= 4 is 11.5 Å². The molecule has 0 radical (unpaired) electrons. The Kier molecular flexibility index (Phi) is 1.81. The third-order valence-corrected chi connectivity index (χ3v) is 2.49. The van der Waals surface area contributed by atoms with Crippen LogP contribution in [-0.4, -0.2) is 5.78 Å². The summed E-state index contributed by atoms with van der Waals surface area (Å²) in [6, 6.07) is 5.14. The smallest absolute Gasteiger partial charge is 0.154 e. The van der Waals surface area contributed by atoms with Crippen LogP contribution in [0.3, 0.4) is 0 Å². The zero-order valence-corrected chi connectivity index (χ0v) is 7.29. The number of nitrogen functional groups attached to an aromatic ring is 1. The average molecular weight is 176 g/mol. The van der Waals surface area contributed by atoms with Crippen molar-refractivity contribution in [1.82, 2.24) is 0 Å². The summed E-state index contributed by atoms with van der Waals surface area (Å²) in [5, 5.41) is 0. The molecule has 0 bridgehead atoms. The van der Waals surface area contributed by atoms with E-state index >= 15 is 0 Å². The van der Waals surface area contributed by atoms with Gasteiger partial charge in [0.1, 0.15) is 0 Å². The van der Waals surface area contributed by atoms with E-state index in [0.717, 1.165) is 17.5 Å². The molecule has 0 aromatic heterocycles. The molecule has 68 valence electrons. The highest BCUT2D eigenvalue weighted by atomic mass is 16.1. The van der Waals surface area contributed by atoms with Crippen LogP contribution in [0.2, 0.25) is 0 Å². The Balaban J connectivity index is 2.51. The molecule has 1 aliphatic rings. The third-order valence-electron chi connectivity index (χ3n) is 2.49. The molecule has 0 aliphatic heterocycles. The molecule has 0 saturated carbocycles. The minimum absolute atomic E-state index is 0.109. The first-order valence-corrected chi connectivity index (χ1v) is 4.35. The van der Waals surface area contributed by atoms with Gasteiger partial charge in [-0.1, -0.05) is 6.07 Å². The lowest BCUT2D eigenvalue weighted by Gasteiger charge is -2.21. The Morgan fingerprint density at radius 2 is 2.08 bits per heavy atom. The van der Waals surface area contributed by atoms with Crippen molar-refractivity contribution in [3.8, 4) is 0 Å². The van der Waals surface area contributed by atoms with Gasteiger partial charge in [-0.25, -0.2) is 0 Å². The number of ketones is 1. The van der Waals surface area contributed by atoms with Gasteiger partial charge in [0.05, 0.1) is 6.04 Å². The molecule has 3 heteroatoms. The molecule has 1 unspecified atom stereocenters. The van der Waals surface area contributed by atoms with E-state index in [1.807, 2.05) is 12.1 Å². The Bertz CT molecular complexity index is 360. The number of fused-ring (bicyclic) bond motifs is 1. The maximum absolute atomic E-state index is 11.3. The predicted octanol–water partition coefficient (Wildman–Crippen LogP) is 0.784. The molecule has 2 rings (SSSR count). The topological polar surface area (TPSA) is 69.1 Å². The van der Waals surface area contributed by atoms with E-state index in [-0.39, 0.29) is 5.78 Å². The van der Waals surface area contributed by atoms with Gasteiger partial charge in [-0.3, -0.25) is 4.79 Å². The van der Waals surface area contributed by atoms with E-state index in [2.05, 4.69) is 0 Å². The van der Waals surface area contributed by atoms with Crippen LogP contribution in [0.15, 0.2) is 18.2 Å². The summed E-state index contributed by atoms with van der Waals surface area (Å²) in [7, 11) is 0. The molecule has 1 aromatic rings. The van der Waals surface area contributed by atoms with Gasteiger partial charge in [0.2, 0.25) is 0 Å². The average Bonchev–Trinajstić information content (AvgIpc) is 2.12. The van der Waals surface area contributed by atoms with E-state index in [0.29, 0.717) is 12.1 Å². The molecule has 0 amide bonds. The van der Waals surface area contributed by atoms with Crippen molar-refractivity contribution in [3.63, 3.8) is 0 Å². The lowest BCUT2D eigenvalue weighted by molar-refractivity contribution is -0.120. The van der Waals surface area contributed by atoms with Gasteiger partial charge < -0.3 is 11.5 Å². The van der Waals surface area contributed by atoms with Crippen molar-refractivity contribution in [1.29, 1.82) is 0 Å². The summed E-state index contributed by atoms with van der Waals surface area (Å²) in [6.07, 6.45) is 1.35. The van der Waals surface area contributed by atoms with Crippen LogP contribution in [0.1, 0.15) is 23.6 Å². The largest absolute Gasteiger partial charge is 0.399 e. The predicted molar refractivity (Wildman–Crippen MR) is 51.1 cm³/mol. The highest BCUT2D eigenvalue weighted by Gasteiger charge is 2.23. The molecule has 13 heavy (non-hydrogen) atoms. The Morgan fingerprint density at radius 3 is 2.85 bits per heavy atom. The third kappa shape index (κ3) is 1.31. The zero-order valence-electron chi connectivity index (χ0n) is 7.29. The SMILES string of the molecule is Nc1ccc2c(c1)C(N)C(=O)CC2. The lowest BCUT2D eigenvalue weighted by Crippen LogP contribution is -2.27. The van der Waals surface area contributed by atoms with Crippen LogP contribution in [0, 0.1) is 0 Å². The highest BCUT2D eigenvalue weighted by Crippen LogP contribution is 2.26. The van der Waals surface area contributed by atoms with Gasteiger partial charge in [-0.05, 0) is 29.7 Å². The summed E-state index contributed by atoms with van der Waals surface area (Å²) in [5.41, 5.74) is 14.1. The fourth-order valence-electron chi connectivity index (χ4n) is 1.72. The summed E-state index contributed by atoms with van der Waals surface area (Å²) in [4.78, 5) is 11.3. The standard InChI is InChI=1S/C10H12N2O/c11-7-3-1-6-2-4-9(13)10(12)8(6)5-7/h1,3,5,10H,2,4,11-12H2. The lowest BCUT2D eigenvalue weighted by atomic mass is 9.87. The van der Waals surface area contributed by atoms with E-state index in [4.69, 9.17) is 11.5 Å². The number of nitrogens with two attached hydrogens (primary N) is 2. The second kappa shape index (κ2) is 2.85. The summed E-state index contributed by atoms with van der Waals surface area (Å²) >= 11 is 0. The van der Waals surface area contributed by atoms with Gasteiger partial charge in [0, 0.05) is 12.1 Å². The quantitative estimate of drug-likeness (QED) is 0.574. The van der Waals surface area contributed by atoms with E-state index in [9.17, 15) is 4.79 Å². The number of carbonyl (C=O) groups is 1. The fourth-order valence-corrected chi connectivity index (χ4v) is 1.72. The molecular formula is C10H12N2O. The van der Waals surface area contributed by atoms with Gasteiger partial charge in [-0.15, -0.1) is 0 Å². The molecule has 3 nitrogen and oxygen atoms in total. The molecule has 4 N–H and O–H groups in total. The van der Waals surface area contributed by atoms with Crippen LogP contribution in [0.5, 0.6) is 0 Å². The second-order valence-electron chi connectivity index (χ2n) is 3.40. The molecule has 1 aliphatic carbocycles. The van der Waals surface area contributed by atoms with Crippen molar-refractivity contribution in [3.05, 3.63) is 29.3 Å². The highest BCUT2D eigenvalue weighted by molar-refractivity contribution is 5.87. The van der Waals surface area contributed by atoms with Crippen LogP contribution >= 0.6 is 0 Å². The van der Waals surface area contributed by atoms with E-state index < -0.39 is 6.04 Å². The maximum Gasteiger partial charge on any atom is 0.154 e. The number of hydrogen-bond donors (Lipinski definition) is 2. The first-order valence-electron chi connectivity index (χ1n) is 4.35. The number of hydrogen-bond acceptors (Lipinski definition) is 3. The second-order valence-corrected chi connectivity index (χ2v) is 3.40. The molecule has 1 aromatic carbocycles.